The molecule has 0 aromatic heterocycles. The number of fused-ring (bicyclic) bond motifs is 1. The average molecular weight is 346 g/mol. The summed E-state index contributed by atoms with van der Waals surface area (Å²) >= 11 is 6.22. The van der Waals surface area contributed by atoms with Gasteiger partial charge in [0, 0.05) is 18.1 Å². The summed E-state index contributed by atoms with van der Waals surface area (Å²) in [7, 11) is 0. The minimum atomic E-state index is -0.584. The first-order valence-electron chi connectivity index (χ1n) is 8.00. The van der Waals surface area contributed by atoms with Crippen LogP contribution < -0.4 is 4.74 Å². The van der Waals surface area contributed by atoms with Crippen LogP contribution in [-0.2, 0) is 24.4 Å². The van der Waals surface area contributed by atoms with Crippen LogP contribution in [0.15, 0.2) is 42.5 Å². The number of ether oxygens (including phenoxy) is 1. The number of hydrogen-bond acceptors (Lipinski definition) is 3. The largest absolute Gasteiger partial charge is 0.481 e. The summed E-state index contributed by atoms with van der Waals surface area (Å²) in [4.78, 5) is 14.5. The predicted octanol–water partition coefficient (Wildman–Crippen LogP) is 3.18. The third-order valence-corrected chi connectivity index (χ3v) is 4.62. The molecule has 5 heteroatoms. The molecule has 1 amide bonds. The van der Waals surface area contributed by atoms with Crippen LogP contribution in [0.3, 0.4) is 0 Å². The Morgan fingerprint density at radius 3 is 2.92 bits per heavy atom. The van der Waals surface area contributed by atoms with E-state index in [1.807, 2.05) is 24.3 Å². The molecular formula is C19H20ClNO3. The van der Waals surface area contributed by atoms with E-state index < -0.39 is 6.10 Å². The molecule has 4 nitrogen and oxygen atoms in total. The molecule has 1 aliphatic rings. The van der Waals surface area contributed by atoms with Gasteiger partial charge in [0.05, 0.1) is 6.61 Å². The van der Waals surface area contributed by atoms with Crippen LogP contribution in [0.5, 0.6) is 5.75 Å². The highest BCUT2D eigenvalue weighted by molar-refractivity contribution is 6.31. The van der Waals surface area contributed by atoms with Gasteiger partial charge in [-0.15, -0.1) is 0 Å². The Labute approximate surface area is 146 Å². The van der Waals surface area contributed by atoms with Gasteiger partial charge in [0.15, 0.2) is 6.10 Å². The van der Waals surface area contributed by atoms with Crippen LogP contribution in [0.4, 0.5) is 0 Å². The van der Waals surface area contributed by atoms with E-state index in [0.29, 0.717) is 18.8 Å². The smallest absolute Gasteiger partial charge is 0.263 e. The number of carbonyl (C=O) groups excluding carboxylic acids is 1. The quantitative estimate of drug-likeness (QED) is 0.925. The second-order valence-electron chi connectivity index (χ2n) is 5.95. The van der Waals surface area contributed by atoms with Crippen molar-refractivity contribution in [1.29, 1.82) is 0 Å². The average Bonchev–Trinajstić information content (AvgIpc) is 2.61. The van der Waals surface area contributed by atoms with Gasteiger partial charge < -0.3 is 14.7 Å². The van der Waals surface area contributed by atoms with E-state index in [9.17, 15) is 9.90 Å². The Hall–Kier alpha value is -2.04. The number of nitrogens with zero attached hydrogens (tertiary/aromatic N) is 1. The van der Waals surface area contributed by atoms with Gasteiger partial charge in [-0.05, 0) is 48.2 Å². The molecule has 0 bridgehead atoms. The van der Waals surface area contributed by atoms with Gasteiger partial charge in [-0.25, -0.2) is 0 Å². The molecule has 0 spiro atoms. The highest BCUT2D eigenvalue weighted by Crippen LogP contribution is 2.26. The zero-order chi connectivity index (χ0) is 17.1. The van der Waals surface area contributed by atoms with Crippen molar-refractivity contribution in [3.8, 4) is 5.75 Å². The second kappa shape index (κ2) is 7.24. The summed E-state index contributed by atoms with van der Waals surface area (Å²) < 4.78 is 5.76. The van der Waals surface area contributed by atoms with E-state index in [4.69, 9.17) is 16.3 Å². The monoisotopic (exact) mass is 345 g/mol. The summed E-state index contributed by atoms with van der Waals surface area (Å²) in [5.74, 6) is 0.540. The van der Waals surface area contributed by atoms with Gasteiger partial charge in [0.1, 0.15) is 5.75 Å². The fraction of sp³-hybridized carbons (Fsp3) is 0.316. The number of amides is 1. The summed E-state index contributed by atoms with van der Waals surface area (Å²) in [6.07, 6.45) is 0.174. The molecule has 126 valence electrons. The maximum absolute atomic E-state index is 12.7. The molecule has 1 atom stereocenters. The molecule has 2 aromatic rings. The van der Waals surface area contributed by atoms with Crippen molar-refractivity contribution in [2.24, 2.45) is 0 Å². The van der Waals surface area contributed by atoms with E-state index in [1.54, 1.807) is 30.0 Å². The first-order chi connectivity index (χ1) is 11.6. The molecule has 1 aliphatic heterocycles. The predicted molar refractivity (Wildman–Crippen MR) is 93.0 cm³/mol. The van der Waals surface area contributed by atoms with Gasteiger partial charge in [-0.3, -0.25) is 4.79 Å². The minimum absolute atomic E-state index is 0.0463. The number of halogens is 1. The number of hydrogen-bond donors (Lipinski definition) is 1. The van der Waals surface area contributed by atoms with Crippen LogP contribution in [0.1, 0.15) is 23.6 Å². The summed E-state index contributed by atoms with van der Waals surface area (Å²) in [6.45, 7) is 2.89. The summed E-state index contributed by atoms with van der Waals surface area (Å²) in [5, 5.41) is 9.95. The van der Waals surface area contributed by atoms with Gasteiger partial charge in [-0.1, -0.05) is 35.9 Å². The zero-order valence-electron chi connectivity index (χ0n) is 13.5. The van der Waals surface area contributed by atoms with Crippen LogP contribution >= 0.6 is 11.6 Å². The van der Waals surface area contributed by atoms with Crippen LogP contribution in [-0.4, -0.2) is 28.6 Å². The fourth-order valence-corrected chi connectivity index (χ4v) is 3.27. The van der Waals surface area contributed by atoms with E-state index >= 15 is 0 Å². The first-order valence-corrected chi connectivity index (χ1v) is 8.38. The zero-order valence-corrected chi connectivity index (χ0v) is 14.3. The Morgan fingerprint density at radius 1 is 1.33 bits per heavy atom. The third kappa shape index (κ3) is 3.55. The van der Waals surface area contributed by atoms with Gasteiger partial charge >= 0.3 is 0 Å². The molecule has 1 unspecified atom stereocenters. The van der Waals surface area contributed by atoms with Crippen molar-refractivity contribution < 1.29 is 14.6 Å². The van der Waals surface area contributed by atoms with Crippen molar-refractivity contribution in [3.05, 3.63) is 64.2 Å². The lowest BCUT2D eigenvalue weighted by molar-refractivity contribution is -0.138. The Kier molecular flexibility index (Phi) is 5.07. The molecule has 24 heavy (non-hydrogen) atoms. The van der Waals surface area contributed by atoms with E-state index in [1.165, 1.54) is 0 Å². The SMILES string of the molecule is CC(Oc1cccc(CO)c1)C(=O)N1CCc2c(Cl)cccc2C1. The molecule has 0 radical (unpaired) electrons. The van der Waals surface area contributed by atoms with Crippen molar-refractivity contribution in [2.45, 2.75) is 32.6 Å². The summed E-state index contributed by atoms with van der Waals surface area (Å²) in [6, 6.07) is 13.0. The third-order valence-electron chi connectivity index (χ3n) is 4.26. The maximum atomic E-state index is 12.7. The molecule has 1 N–H and O–H groups in total. The van der Waals surface area contributed by atoms with Gasteiger partial charge in [0.2, 0.25) is 0 Å². The second-order valence-corrected chi connectivity index (χ2v) is 6.36. The lowest BCUT2D eigenvalue weighted by Crippen LogP contribution is -2.43. The van der Waals surface area contributed by atoms with Gasteiger partial charge in [-0.2, -0.15) is 0 Å². The van der Waals surface area contributed by atoms with Crippen LogP contribution in [0, 0.1) is 0 Å². The van der Waals surface area contributed by atoms with Crippen molar-refractivity contribution in [1.82, 2.24) is 4.90 Å². The molecule has 2 aromatic carbocycles. The molecule has 0 saturated heterocycles. The van der Waals surface area contributed by atoms with E-state index in [2.05, 4.69) is 0 Å². The number of carbonyl (C=O) groups is 1. The number of benzene rings is 2. The van der Waals surface area contributed by atoms with Crippen LogP contribution in [0.25, 0.3) is 0 Å². The Morgan fingerprint density at radius 2 is 2.12 bits per heavy atom. The van der Waals surface area contributed by atoms with Crippen molar-refractivity contribution in [3.63, 3.8) is 0 Å². The maximum Gasteiger partial charge on any atom is 0.263 e. The Balaban J connectivity index is 1.68. The summed E-state index contributed by atoms with van der Waals surface area (Å²) in [5.41, 5.74) is 2.98. The number of aliphatic hydroxyl groups is 1. The fourth-order valence-electron chi connectivity index (χ4n) is 2.98. The van der Waals surface area contributed by atoms with E-state index in [-0.39, 0.29) is 12.5 Å². The van der Waals surface area contributed by atoms with Crippen molar-refractivity contribution in [2.75, 3.05) is 6.54 Å². The van der Waals surface area contributed by atoms with Crippen LogP contribution in [0.2, 0.25) is 5.02 Å². The highest BCUT2D eigenvalue weighted by Gasteiger charge is 2.26. The normalized spacial score (nSPS) is 14.9. The minimum Gasteiger partial charge on any atom is -0.481 e. The highest BCUT2D eigenvalue weighted by atomic mass is 35.5. The Bertz CT molecular complexity index is 747. The topological polar surface area (TPSA) is 49.8 Å². The van der Waals surface area contributed by atoms with Gasteiger partial charge in [0.25, 0.3) is 5.91 Å². The van der Waals surface area contributed by atoms with E-state index in [0.717, 1.165) is 28.1 Å². The first kappa shape index (κ1) is 16.8. The molecule has 0 saturated carbocycles. The molecule has 0 fully saturated rings. The van der Waals surface area contributed by atoms with Crippen molar-refractivity contribution >= 4 is 17.5 Å². The number of rotatable bonds is 4. The molecule has 0 aliphatic carbocycles. The molecule has 3 rings (SSSR count). The number of aliphatic hydroxyl groups excluding tert-OH is 1. The molecular weight excluding hydrogens is 326 g/mol. The lowest BCUT2D eigenvalue weighted by atomic mass is 9.99. The molecule has 1 heterocycles. The standard InChI is InChI=1S/C19H20ClNO3/c1-13(24-16-6-2-4-14(10-16)12-22)19(23)21-9-8-17-15(11-21)5-3-7-18(17)20/h2-7,10,13,22H,8-9,11-12H2,1H3. The lowest BCUT2D eigenvalue weighted by Gasteiger charge is -2.31.